The Morgan fingerprint density at radius 2 is 2.00 bits per heavy atom. The van der Waals surface area contributed by atoms with Crippen LogP contribution in [0.2, 0.25) is 0 Å². The number of nitro groups is 1. The van der Waals surface area contributed by atoms with Crippen LogP contribution in [0.15, 0.2) is 45.6 Å². The van der Waals surface area contributed by atoms with Crippen LogP contribution in [-0.4, -0.2) is 12.0 Å². The zero-order valence-electron chi connectivity index (χ0n) is 10.5. The van der Waals surface area contributed by atoms with Crippen molar-refractivity contribution in [1.82, 2.24) is 0 Å². The van der Waals surface area contributed by atoms with Gasteiger partial charge in [-0.05, 0) is 18.2 Å². The van der Waals surface area contributed by atoms with Gasteiger partial charge in [0.25, 0.3) is 5.69 Å². The molecule has 0 aliphatic rings. The third-order valence-electron chi connectivity index (χ3n) is 3.07. The number of hydrogen-bond donors (Lipinski definition) is 0. The van der Waals surface area contributed by atoms with E-state index >= 15 is 0 Å². The normalized spacial score (nSPS) is 10.8. The van der Waals surface area contributed by atoms with Crippen molar-refractivity contribution in [3.63, 3.8) is 0 Å². The molecule has 0 aliphatic carbocycles. The molecule has 3 aromatic rings. The third-order valence-corrected chi connectivity index (χ3v) is 3.07. The Labute approximate surface area is 112 Å². The molecule has 2 aromatic carbocycles. The van der Waals surface area contributed by atoms with E-state index in [1.807, 2.05) is 0 Å². The maximum Gasteiger partial charge on any atom is 0.270 e. The van der Waals surface area contributed by atoms with E-state index in [1.54, 1.807) is 18.2 Å². The predicted octanol–water partition coefficient (Wildman–Crippen LogP) is 2.86. The fraction of sp³-hybridized carbons (Fsp3) is 0.0714. The number of para-hydroxylation sites is 1. The Balaban J connectivity index is 2.47. The molecule has 100 valence electrons. The molecule has 0 N–H and O–H groups in total. The number of non-ortho nitro benzene ring substituents is 1. The van der Waals surface area contributed by atoms with Gasteiger partial charge in [0, 0.05) is 12.1 Å². The average Bonchev–Trinajstić information content (AvgIpc) is 2.46. The van der Waals surface area contributed by atoms with Gasteiger partial charge in [-0.25, -0.2) is 0 Å². The van der Waals surface area contributed by atoms with E-state index in [0.29, 0.717) is 16.7 Å². The summed E-state index contributed by atoms with van der Waals surface area (Å²) in [5, 5.41) is 11.3. The summed E-state index contributed by atoms with van der Waals surface area (Å²) in [5.41, 5.74) is 0.162. The molecule has 0 spiro atoms. The predicted molar refractivity (Wildman–Crippen MR) is 73.2 cm³/mol. The van der Waals surface area contributed by atoms with Gasteiger partial charge >= 0.3 is 0 Å². The van der Waals surface area contributed by atoms with Gasteiger partial charge in [-0.1, -0.05) is 6.07 Å². The van der Waals surface area contributed by atoms with Gasteiger partial charge in [0.2, 0.25) is 5.43 Å². The highest BCUT2D eigenvalue weighted by Crippen LogP contribution is 2.28. The highest BCUT2D eigenvalue weighted by molar-refractivity contribution is 5.93. The quantitative estimate of drug-likeness (QED) is 0.406. The van der Waals surface area contributed by atoms with Crippen LogP contribution < -0.4 is 10.2 Å². The SMILES string of the molecule is COc1cccc2c(=O)c3cc([N+](=O)[O-])ccc3oc12. The fourth-order valence-electron chi connectivity index (χ4n) is 2.11. The number of rotatable bonds is 2. The van der Waals surface area contributed by atoms with Crippen LogP contribution in [0, 0.1) is 10.1 Å². The van der Waals surface area contributed by atoms with Crippen LogP contribution in [-0.2, 0) is 0 Å². The lowest BCUT2D eigenvalue weighted by molar-refractivity contribution is -0.384. The molecular formula is C14H9NO5. The maximum atomic E-state index is 12.4. The van der Waals surface area contributed by atoms with Crippen molar-refractivity contribution in [3.8, 4) is 5.75 Å². The Morgan fingerprint density at radius 3 is 2.70 bits per heavy atom. The minimum absolute atomic E-state index is 0.146. The zero-order valence-corrected chi connectivity index (χ0v) is 10.5. The van der Waals surface area contributed by atoms with Crippen molar-refractivity contribution in [2.45, 2.75) is 0 Å². The van der Waals surface area contributed by atoms with E-state index in [0.717, 1.165) is 0 Å². The Morgan fingerprint density at radius 1 is 1.20 bits per heavy atom. The smallest absolute Gasteiger partial charge is 0.270 e. The van der Waals surface area contributed by atoms with E-state index in [2.05, 4.69) is 0 Å². The summed E-state index contributed by atoms with van der Waals surface area (Å²) in [6.07, 6.45) is 0. The Kier molecular flexibility index (Phi) is 2.64. The highest BCUT2D eigenvalue weighted by Gasteiger charge is 2.14. The monoisotopic (exact) mass is 271 g/mol. The van der Waals surface area contributed by atoms with E-state index in [-0.39, 0.29) is 22.1 Å². The minimum Gasteiger partial charge on any atom is -0.493 e. The van der Waals surface area contributed by atoms with E-state index < -0.39 is 4.92 Å². The topological polar surface area (TPSA) is 82.6 Å². The first-order valence-electron chi connectivity index (χ1n) is 5.80. The van der Waals surface area contributed by atoms with Crippen molar-refractivity contribution >= 4 is 27.6 Å². The summed E-state index contributed by atoms with van der Waals surface area (Å²) in [6.45, 7) is 0. The lowest BCUT2D eigenvalue weighted by Crippen LogP contribution is -2.03. The van der Waals surface area contributed by atoms with E-state index in [9.17, 15) is 14.9 Å². The van der Waals surface area contributed by atoms with Gasteiger partial charge in [0.1, 0.15) is 5.58 Å². The molecule has 6 nitrogen and oxygen atoms in total. The van der Waals surface area contributed by atoms with E-state index in [4.69, 9.17) is 9.15 Å². The van der Waals surface area contributed by atoms with Crippen molar-refractivity contribution in [3.05, 3.63) is 56.7 Å². The third kappa shape index (κ3) is 1.70. The standard InChI is InChI=1S/C14H9NO5/c1-19-12-4-2-3-9-13(16)10-7-8(15(17)18)5-6-11(10)20-14(9)12/h2-7H,1H3. The highest BCUT2D eigenvalue weighted by atomic mass is 16.6. The number of methoxy groups -OCH3 is 1. The molecule has 1 heterocycles. The zero-order chi connectivity index (χ0) is 14.3. The summed E-state index contributed by atoms with van der Waals surface area (Å²) in [4.78, 5) is 22.6. The summed E-state index contributed by atoms with van der Waals surface area (Å²) < 4.78 is 10.8. The molecule has 20 heavy (non-hydrogen) atoms. The molecule has 0 amide bonds. The molecule has 1 aromatic heterocycles. The lowest BCUT2D eigenvalue weighted by Gasteiger charge is -2.05. The van der Waals surface area contributed by atoms with Crippen LogP contribution in [0.5, 0.6) is 5.75 Å². The van der Waals surface area contributed by atoms with Gasteiger partial charge in [-0.2, -0.15) is 0 Å². The molecule has 0 aliphatic heterocycles. The second-order valence-corrected chi connectivity index (χ2v) is 4.21. The summed E-state index contributed by atoms with van der Waals surface area (Å²) in [6, 6.07) is 8.89. The first kappa shape index (κ1) is 12.2. The first-order chi connectivity index (χ1) is 9.61. The second-order valence-electron chi connectivity index (χ2n) is 4.21. The first-order valence-corrected chi connectivity index (χ1v) is 5.80. The summed E-state index contributed by atoms with van der Waals surface area (Å²) in [5.74, 6) is 0.444. The molecule has 6 heteroatoms. The molecule has 0 saturated carbocycles. The number of fused-ring (bicyclic) bond motifs is 2. The van der Waals surface area contributed by atoms with Crippen LogP contribution in [0.4, 0.5) is 5.69 Å². The van der Waals surface area contributed by atoms with Crippen molar-refractivity contribution in [2.24, 2.45) is 0 Å². The van der Waals surface area contributed by atoms with Crippen LogP contribution in [0.25, 0.3) is 21.9 Å². The largest absolute Gasteiger partial charge is 0.493 e. The van der Waals surface area contributed by atoms with Crippen LogP contribution in [0.3, 0.4) is 0 Å². The average molecular weight is 271 g/mol. The maximum absolute atomic E-state index is 12.4. The van der Waals surface area contributed by atoms with Crippen LogP contribution in [0.1, 0.15) is 0 Å². The van der Waals surface area contributed by atoms with Crippen molar-refractivity contribution in [1.29, 1.82) is 0 Å². The Hall–Kier alpha value is -2.89. The molecule has 0 bridgehead atoms. The molecular weight excluding hydrogens is 262 g/mol. The number of nitrogens with zero attached hydrogens (tertiary/aromatic N) is 1. The molecule has 0 radical (unpaired) electrons. The van der Waals surface area contributed by atoms with Crippen LogP contribution >= 0.6 is 0 Å². The molecule has 0 atom stereocenters. The number of ether oxygens (including phenoxy) is 1. The van der Waals surface area contributed by atoms with E-state index in [1.165, 1.54) is 25.3 Å². The van der Waals surface area contributed by atoms with Gasteiger partial charge in [0.05, 0.1) is 22.8 Å². The number of nitro benzene ring substituents is 1. The molecule has 0 fully saturated rings. The molecule has 0 unspecified atom stereocenters. The summed E-state index contributed by atoms with van der Waals surface area (Å²) >= 11 is 0. The number of benzene rings is 2. The number of hydrogen-bond acceptors (Lipinski definition) is 5. The lowest BCUT2D eigenvalue weighted by atomic mass is 10.1. The van der Waals surface area contributed by atoms with Crippen molar-refractivity contribution < 1.29 is 14.1 Å². The Bertz CT molecular complexity index is 897. The summed E-state index contributed by atoms with van der Waals surface area (Å²) in [7, 11) is 1.48. The minimum atomic E-state index is -0.547. The van der Waals surface area contributed by atoms with Crippen molar-refractivity contribution in [2.75, 3.05) is 7.11 Å². The van der Waals surface area contributed by atoms with Gasteiger partial charge < -0.3 is 9.15 Å². The fourth-order valence-corrected chi connectivity index (χ4v) is 2.11. The molecule has 3 rings (SSSR count). The van der Waals surface area contributed by atoms with Gasteiger partial charge in [-0.15, -0.1) is 0 Å². The molecule has 0 saturated heterocycles. The van der Waals surface area contributed by atoms with Gasteiger partial charge in [-0.3, -0.25) is 14.9 Å². The second kappa shape index (κ2) is 4.34. The van der Waals surface area contributed by atoms with Gasteiger partial charge in [0.15, 0.2) is 11.3 Å².